The normalized spacial score (nSPS) is 13.2. The second-order valence-electron chi connectivity index (χ2n) is 8.25. The molecule has 33 heavy (non-hydrogen) atoms. The quantitative estimate of drug-likeness (QED) is 0.546. The number of aryl methyl sites for hydroxylation is 1. The topological polar surface area (TPSA) is 86.8 Å². The average Bonchev–Trinajstić information content (AvgIpc) is 2.76. The van der Waals surface area contributed by atoms with Gasteiger partial charge in [-0.05, 0) is 57.0 Å². The molecule has 0 aliphatic rings. The van der Waals surface area contributed by atoms with Gasteiger partial charge in [0.1, 0.15) is 12.6 Å². The van der Waals surface area contributed by atoms with Gasteiger partial charge in [0, 0.05) is 17.6 Å². The van der Waals surface area contributed by atoms with E-state index in [4.69, 9.17) is 11.6 Å². The number of rotatable bonds is 10. The molecule has 0 bridgehead atoms. The highest BCUT2D eigenvalue weighted by molar-refractivity contribution is 7.92. The summed E-state index contributed by atoms with van der Waals surface area (Å²) in [5.41, 5.74) is 2.13. The number of benzene rings is 2. The Morgan fingerprint density at radius 2 is 1.61 bits per heavy atom. The number of nitrogens with one attached hydrogen (secondary N) is 1. The van der Waals surface area contributed by atoms with Gasteiger partial charge in [0.25, 0.3) is 0 Å². The third-order valence-corrected chi connectivity index (χ3v) is 6.83. The molecule has 0 fully saturated rings. The fraction of sp³-hybridized carbons (Fsp3) is 0.417. The molecular formula is C24H32ClN3O4S. The lowest BCUT2D eigenvalue weighted by atomic mass is 10.1. The van der Waals surface area contributed by atoms with Gasteiger partial charge in [-0.25, -0.2) is 8.42 Å². The fourth-order valence-corrected chi connectivity index (χ4v) is 4.13. The maximum atomic E-state index is 13.4. The number of carbonyl (C=O) groups excluding carboxylic acids is 2. The van der Waals surface area contributed by atoms with Gasteiger partial charge in [0.15, 0.2) is 0 Å². The maximum absolute atomic E-state index is 13.4. The Morgan fingerprint density at radius 1 is 1.03 bits per heavy atom. The minimum atomic E-state index is -3.74. The lowest BCUT2D eigenvalue weighted by Gasteiger charge is -2.32. The van der Waals surface area contributed by atoms with E-state index >= 15 is 0 Å². The van der Waals surface area contributed by atoms with E-state index in [2.05, 4.69) is 5.32 Å². The van der Waals surface area contributed by atoms with Crippen LogP contribution in [0.5, 0.6) is 0 Å². The highest BCUT2D eigenvalue weighted by Crippen LogP contribution is 2.20. The molecular weight excluding hydrogens is 462 g/mol. The molecule has 0 saturated carbocycles. The van der Waals surface area contributed by atoms with Crippen molar-refractivity contribution in [3.8, 4) is 0 Å². The number of hydrogen-bond donors (Lipinski definition) is 1. The van der Waals surface area contributed by atoms with Gasteiger partial charge >= 0.3 is 0 Å². The third kappa shape index (κ3) is 7.75. The molecule has 2 amide bonds. The van der Waals surface area contributed by atoms with Gasteiger partial charge < -0.3 is 10.2 Å². The number of hydrogen-bond acceptors (Lipinski definition) is 4. The SMILES string of the molecule is CC[C@H](C)NC(=O)[C@H](C)N(Cc1ccc(Cl)cc1)C(=O)CN(c1ccc(C)cc1)S(C)(=O)=O. The van der Waals surface area contributed by atoms with E-state index in [1.807, 2.05) is 20.8 Å². The van der Waals surface area contributed by atoms with Crippen molar-refractivity contribution in [2.45, 2.75) is 52.7 Å². The summed E-state index contributed by atoms with van der Waals surface area (Å²) < 4.78 is 26.1. The first kappa shape index (κ1) is 26.7. The van der Waals surface area contributed by atoms with Crippen molar-refractivity contribution in [1.82, 2.24) is 10.2 Å². The minimum absolute atomic E-state index is 0.0486. The van der Waals surface area contributed by atoms with Crippen LogP contribution in [0.2, 0.25) is 5.02 Å². The van der Waals surface area contributed by atoms with Crippen LogP contribution in [0.25, 0.3) is 0 Å². The molecule has 0 aliphatic carbocycles. The van der Waals surface area contributed by atoms with E-state index in [1.165, 1.54) is 4.90 Å². The van der Waals surface area contributed by atoms with Gasteiger partial charge in [-0.15, -0.1) is 0 Å². The fourth-order valence-electron chi connectivity index (χ4n) is 3.16. The van der Waals surface area contributed by atoms with Crippen molar-refractivity contribution in [3.05, 3.63) is 64.7 Å². The summed E-state index contributed by atoms with van der Waals surface area (Å²) in [5.74, 6) is -0.782. The number of sulfonamides is 1. The van der Waals surface area contributed by atoms with E-state index in [0.29, 0.717) is 10.7 Å². The summed E-state index contributed by atoms with van der Waals surface area (Å²) in [6.07, 6.45) is 1.81. The maximum Gasteiger partial charge on any atom is 0.244 e. The minimum Gasteiger partial charge on any atom is -0.352 e. The number of amides is 2. The van der Waals surface area contributed by atoms with Gasteiger partial charge in [-0.1, -0.05) is 48.4 Å². The summed E-state index contributed by atoms with van der Waals surface area (Å²) in [7, 11) is -3.74. The molecule has 0 spiro atoms. The molecule has 0 aliphatic heterocycles. The van der Waals surface area contributed by atoms with Gasteiger partial charge in [0.2, 0.25) is 21.8 Å². The summed E-state index contributed by atoms with van der Waals surface area (Å²) in [4.78, 5) is 27.7. The molecule has 7 nitrogen and oxygen atoms in total. The smallest absolute Gasteiger partial charge is 0.244 e. The molecule has 2 aromatic rings. The zero-order valence-electron chi connectivity index (χ0n) is 19.7. The van der Waals surface area contributed by atoms with Crippen LogP contribution in [0.1, 0.15) is 38.3 Å². The Kier molecular flexibility index (Phi) is 9.31. The van der Waals surface area contributed by atoms with Crippen molar-refractivity contribution < 1.29 is 18.0 Å². The Morgan fingerprint density at radius 3 is 2.12 bits per heavy atom. The van der Waals surface area contributed by atoms with E-state index in [0.717, 1.165) is 28.1 Å². The first-order chi connectivity index (χ1) is 15.4. The predicted molar refractivity (Wildman–Crippen MR) is 133 cm³/mol. The Hall–Kier alpha value is -2.58. The first-order valence-electron chi connectivity index (χ1n) is 10.8. The molecule has 0 aromatic heterocycles. The largest absolute Gasteiger partial charge is 0.352 e. The first-order valence-corrected chi connectivity index (χ1v) is 13.0. The van der Waals surface area contributed by atoms with Crippen molar-refractivity contribution in [2.75, 3.05) is 17.1 Å². The second-order valence-corrected chi connectivity index (χ2v) is 10.6. The second kappa shape index (κ2) is 11.5. The van der Waals surface area contributed by atoms with E-state index < -0.39 is 28.5 Å². The van der Waals surface area contributed by atoms with Crippen LogP contribution in [0, 0.1) is 6.92 Å². The van der Waals surface area contributed by atoms with Crippen LogP contribution in [-0.4, -0.2) is 50.0 Å². The third-order valence-electron chi connectivity index (χ3n) is 5.44. The summed E-state index contributed by atoms with van der Waals surface area (Å²) in [6.45, 7) is 7.09. The van der Waals surface area contributed by atoms with E-state index in [9.17, 15) is 18.0 Å². The average molecular weight is 494 g/mol. The molecule has 2 aromatic carbocycles. The number of anilines is 1. The van der Waals surface area contributed by atoms with Crippen LogP contribution in [0.15, 0.2) is 48.5 Å². The molecule has 180 valence electrons. The van der Waals surface area contributed by atoms with Gasteiger partial charge in [-0.2, -0.15) is 0 Å². The summed E-state index contributed by atoms with van der Waals surface area (Å²) in [5, 5.41) is 3.45. The molecule has 2 atom stereocenters. The molecule has 0 saturated heterocycles. The van der Waals surface area contributed by atoms with Crippen LogP contribution < -0.4 is 9.62 Å². The van der Waals surface area contributed by atoms with Gasteiger partial charge in [0.05, 0.1) is 11.9 Å². The molecule has 0 radical (unpaired) electrons. The Bertz CT molecular complexity index is 1060. The van der Waals surface area contributed by atoms with Crippen molar-refractivity contribution in [1.29, 1.82) is 0 Å². The number of carbonyl (C=O) groups is 2. The van der Waals surface area contributed by atoms with E-state index in [1.54, 1.807) is 55.5 Å². The van der Waals surface area contributed by atoms with E-state index in [-0.39, 0.29) is 18.5 Å². The van der Waals surface area contributed by atoms with Gasteiger partial charge in [-0.3, -0.25) is 13.9 Å². The number of nitrogens with zero attached hydrogens (tertiary/aromatic N) is 2. The van der Waals surface area contributed by atoms with Crippen molar-refractivity contribution in [3.63, 3.8) is 0 Å². The summed E-state index contributed by atoms with van der Waals surface area (Å²) in [6, 6.07) is 13.0. The lowest BCUT2D eigenvalue weighted by molar-refractivity contribution is -0.139. The Balaban J connectivity index is 2.36. The lowest BCUT2D eigenvalue weighted by Crippen LogP contribution is -2.52. The summed E-state index contributed by atoms with van der Waals surface area (Å²) >= 11 is 5.98. The van der Waals surface area contributed by atoms with Crippen molar-refractivity contribution in [2.24, 2.45) is 0 Å². The zero-order valence-corrected chi connectivity index (χ0v) is 21.3. The molecule has 1 N–H and O–H groups in total. The zero-order chi connectivity index (χ0) is 24.8. The highest BCUT2D eigenvalue weighted by atomic mass is 35.5. The highest BCUT2D eigenvalue weighted by Gasteiger charge is 2.30. The molecule has 9 heteroatoms. The molecule has 2 rings (SSSR count). The van der Waals surface area contributed by atoms with Crippen LogP contribution in [-0.2, 0) is 26.2 Å². The van der Waals surface area contributed by atoms with Crippen LogP contribution in [0.4, 0.5) is 5.69 Å². The predicted octanol–water partition coefficient (Wildman–Crippen LogP) is 3.75. The molecule has 0 unspecified atom stereocenters. The van der Waals surface area contributed by atoms with Crippen molar-refractivity contribution >= 4 is 39.1 Å². The van der Waals surface area contributed by atoms with Crippen LogP contribution in [0.3, 0.4) is 0 Å². The van der Waals surface area contributed by atoms with Crippen LogP contribution >= 0.6 is 11.6 Å². The Labute approximate surface area is 201 Å². The standard InChI is InChI=1S/C24H32ClN3O4S/c1-6-18(3)26-24(30)19(4)27(15-20-9-11-21(25)12-10-20)23(29)16-28(33(5,31)32)22-13-7-17(2)8-14-22/h7-14,18-19H,6,15-16H2,1-5H3,(H,26,30)/t18-,19-/m0/s1. The number of halogens is 1. The monoisotopic (exact) mass is 493 g/mol. The molecule has 0 heterocycles.